The first kappa shape index (κ1) is 15.3. The van der Waals surface area contributed by atoms with Crippen LogP contribution in [0.1, 0.15) is 46.0 Å². The van der Waals surface area contributed by atoms with Crippen molar-refractivity contribution in [2.45, 2.75) is 58.1 Å². The minimum Gasteiger partial charge on any atom is -0.374 e. The number of rotatable bonds is 4. The zero-order valence-electron chi connectivity index (χ0n) is 13.0. The highest BCUT2D eigenvalue weighted by Crippen LogP contribution is 2.31. The molecule has 0 bridgehead atoms. The van der Waals surface area contributed by atoms with Gasteiger partial charge in [-0.1, -0.05) is 26.7 Å². The summed E-state index contributed by atoms with van der Waals surface area (Å²) in [4.78, 5) is 2.70. The van der Waals surface area contributed by atoms with Gasteiger partial charge < -0.3 is 10.1 Å². The Morgan fingerprint density at radius 2 is 2.05 bits per heavy atom. The predicted molar refractivity (Wildman–Crippen MR) is 80.4 cm³/mol. The Bertz CT molecular complexity index is 255. The van der Waals surface area contributed by atoms with Crippen molar-refractivity contribution in [2.24, 2.45) is 11.8 Å². The fourth-order valence-corrected chi connectivity index (χ4v) is 3.77. The molecule has 2 aliphatic rings. The van der Waals surface area contributed by atoms with Crippen LogP contribution in [0.2, 0.25) is 0 Å². The Balaban J connectivity index is 1.83. The van der Waals surface area contributed by atoms with Crippen molar-refractivity contribution in [3.05, 3.63) is 0 Å². The Hall–Kier alpha value is -0.120. The molecule has 0 spiro atoms. The first-order chi connectivity index (χ1) is 9.20. The van der Waals surface area contributed by atoms with Gasteiger partial charge in [0, 0.05) is 25.7 Å². The van der Waals surface area contributed by atoms with Crippen molar-refractivity contribution < 1.29 is 4.74 Å². The summed E-state index contributed by atoms with van der Waals surface area (Å²) < 4.78 is 5.83. The van der Waals surface area contributed by atoms with Gasteiger partial charge in [-0.2, -0.15) is 0 Å². The van der Waals surface area contributed by atoms with E-state index in [4.69, 9.17) is 4.74 Å². The maximum atomic E-state index is 5.83. The molecule has 0 aromatic rings. The van der Waals surface area contributed by atoms with E-state index in [1.54, 1.807) is 0 Å². The van der Waals surface area contributed by atoms with Crippen molar-refractivity contribution in [3.63, 3.8) is 0 Å². The molecule has 3 heteroatoms. The molecular weight excluding hydrogens is 236 g/mol. The number of ether oxygens (including phenoxy) is 1. The molecular formula is C16H32N2O. The molecule has 1 heterocycles. The molecule has 0 amide bonds. The second-order valence-electron chi connectivity index (χ2n) is 6.71. The second kappa shape index (κ2) is 7.61. The number of hydrogen-bond donors (Lipinski definition) is 1. The zero-order chi connectivity index (χ0) is 13.7. The average Bonchev–Trinajstić information content (AvgIpc) is 2.65. The molecule has 0 aromatic heterocycles. The molecule has 1 saturated heterocycles. The van der Waals surface area contributed by atoms with Crippen LogP contribution in [0, 0.1) is 11.8 Å². The summed E-state index contributed by atoms with van der Waals surface area (Å²) in [7, 11) is 2.02. The van der Waals surface area contributed by atoms with Gasteiger partial charge in [-0.3, -0.25) is 4.90 Å². The maximum Gasteiger partial charge on any atom is 0.0826 e. The Morgan fingerprint density at radius 1 is 1.21 bits per heavy atom. The van der Waals surface area contributed by atoms with Gasteiger partial charge >= 0.3 is 0 Å². The zero-order valence-corrected chi connectivity index (χ0v) is 13.0. The Morgan fingerprint density at radius 3 is 2.79 bits per heavy atom. The van der Waals surface area contributed by atoms with Crippen molar-refractivity contribution in [1.82, 2.24) is 10.2 Å². The molecule has 1 aliphatic heterocycles. The van der Waals surface area contributed by atoms with Crippen LogP contribution in [0.15, 0.2) is 0 Å². The van der Waals surface area contributed by atoms with E-state index in [1.807, 2.05) is 7.05 Å². The number of likely N-dealkylation sites (N-methyl/N-ethyl adjacent to an activating group) is 1. The Kier molecular flexibility index (Phi) is 6.11. The van der Waals surface area contributed by atoms with E-state index in [9.17, 15) is 0 Å². The normalized spacial score (nSPS) is 34.4. The van der Waals surface area contributed by atoms with Crippen LogP contribution in [0.25, 0.3) is 0 Å². The second-order valence-corrected chi connectivity index (χ2v) is 6.71. The lowest BCUT2D eigenvalue weighted by atomic mass is 9.89. The topological polar surface area (TPSA) is 24.5 Å². The summed E-state index contributed by atoms with van der Waals surface area (Å²) in [6.07, 6.45) is 7.48. The molecule has 112 valence electrons. The first-order valence-corrected chi connectivity index (χ1v) is 8.21. The van der Waals surface area contributed by atoms with Crippen LogP contribution >= 0.6 is 0 Å². The Labute approximate surface area is 119 Å². The number of hydrogen-bond acceptors (Lipinski definition) is 3. The number of morpholine rings is 1. The largest absolute Gasteiger partial charge is 0.374 e. The van der Waals surface area contributed by atoms with Crippen molar-refractivity contribution in [1.29, 1.82) is 0 Å². The molecule has 2 fully saturated rings. The smallest absolute Gasteiger partial charge is 0.0826 e. The summed E-state index contributed by atoms with van der Waals surface area (Å²) in [6.45, 7) is 8.94. The fraction of sp³-hybridized carbons (Fsp3) is 1.00. The quantitative estimate of drug-likeness (QED) is 0.793. The van der Waals surface area contributed by atoms with Gasteiger partial charge in [-0.05, 0) is 38.1 Å². The fourth-order valence-electron chi connectivity index (χ4n) is 3.77. The molecule has 3 atom stereocenters. The lowest BCUT2D eigenvalue weighted by Gasteiger charge is -2.38. The lowest BCUT2D eigenvalue weighted by molar-refractivity contribution is -0.0433. The molecule has 2 rings (SSSR count). The minimum absolute atomic E-state index is 0.392. The van der Waals surface area contributed by atoms with Crippen LogP contribution in [-0.2, 0) is 4.74 Å². The molecule has 3 unspecified atom stereocenters. The summed E-state index contributed by atoms with van der Waals surface area (Å²) in [5.41, 5.74) is 0. The van der Waals surface area contributed by atoms with Gasteiger partial charge in [-0.15, -0.1) is 0 Å². The molecule has 0 aromatic carbocycles. The third-order valence-corrected chi connectivity index (χ3v) is 5.04. The van der Waals surface area contributed by atoms with Crippen molar-refractivity contribution in [3.8, 4) is 0 Å². The summed E-state index contributed by atoms with van der Waals surface area (Å²) in [6, 6.07) is 0.812. The molecule has 19 heavy (non-hydrogen) atoms. The standard InChI is InChI=1S/C16H32N2O/c1-13(2)14-5-4-6-15(8-7-14)18-9-10-19-16(12-18)11-17-3/h13-17H,4-12H2,1-3H3. The molecule has 1 N–H and O–H groups in total. The van der Waals surface area contributed by atoms with Crippen molar-refractivity contribution >= 4 is 0 Å². The third kappa shape index (κ3) is 4.44. The van der Waals surface area contributed by atoms with Crippen LogP contribution in [0.4, 0.5) is 0 Å². The van der Waals surface area contributed by atoms with E-state index in [0.717, 1.165) is 44.1 Å². The SMILES string of the molecule is CNCC1CN(C2CCCC(C(C)C)CC2)CCO1. The average molecular weight is 268 g/mol. The van der Waals surface area contributed by atoms with Crippen LogP contribution < -0.4 is 5.32 Å². The highest BCUT2D eigenvalue weighted by molar-refractivity contribution is 4.82. The van der Waals surface area contributed by atoms with E-state index in [2.05, 4.69) is 24.1 Å². The minimum atomic E-state index is 0.392. The van der Waals surface area contributed by atoms with E-state index in [0.29, 0.717) is 6.10 Å². The number of nitrogens with zero attached hydrogens (tertiary/aromatic N) is 1. The third-order valence-electron chi connectivity index (χ3n) is 5.04. The van der Waals surface area contributed by atoms with Gasteiger partial charge in [0.15, 0.2) is 0 Å². The predicted octanol–water partition coefficient (Wildman–Crippen LogP) is 2.51. The summed E-state index contributed by atoms with van der Waals surface area (Å²) in [5, 5.41) is 3.24. The first-order valence-electron chi connectivity index (χ1n) is 8.21. The van der Waals surface area contributed by atoms with Crippen molar-refractivity contribution in [2.75, 3.05) is 33.3 Å². The molecule has 1 saturated carbocycles. The summed E-state index contributed by atoms with van der Waals surface area (Å²) >= 11 is 0. The van der Waals surface area contributed by atoms with Gasteiger partial charge in [0.1, 0.15) is 0 Å². The van der Waals surface area contributed by atoms with Gasteiger partial charge in [0.25, 0.3) is 0 Å². The van der Waals surface area contributed by atoms with E-state index in [-0.39, 0.29) is 0 Å². The van der Waals surface area contributed by atoms with E-state index in [1.165, 1.54) is 32.1 Å². The van der Waals surface area contributed by atoms with Crippen LogP contribution in [0.3, 0.4) is 0 Å². The van der Waals surface area contributed by atoms with Crippen LogP contribution in [0.5, 0.6) is 0 Å². The lowest BCUT2D eigenvalue weighted by Crippen LogP contribution is -2.50. The van der Waals surface area contributed by atoms with Gasteiger partial charge in [-0.25, -0.2) is 0 Å². The van der Waals surface area contributed by atoms with E-state index >= 15 is 0 Å². The molecule has 0 radical (unpaired) electrons. The maximum absolute atomic E-state index is 5.83. The molecule has 3 nitrogen and oxygen atoms in total. The highest BCUT2D eigenvalue weighted by Gasteiger charge is 2.28. The molecule has 1 aliphatic carbocycles. The highest BCUT2D eigenvalue weighted by atomic mass is 16.5. The van der Waals surface area contributed by atoms with Crippen LogP contribution in [-0.4, -0.2) is 50.3 Å². The van der Waals surface area contributed by atoms with Gasteiger partial charge in [0.2, 0.25) is 0 Å². The monoisotopic (exact) mass is 268 g/mol. The number of nitrogens with one attached hydrogen (secondary N) is 1. The summed E-state index contributed by atoms with van der Waals surface area (Å²) in [5.74, 6) is 1.82. The van der Waals surface area contributed by atoms with Gasteiger partial charge in [0.05, 0.1) is 12.7 Å². The van der Waals surface area contributed by atoms with E-state index < -0.39 is 0 Å².